The largest absolute Gasteiger partial charge is 0.497 e. The molecule has 2 rings (SSSR count). The van der Waals surface area contributed by atoms with Crippen LogP contribution < -0.4 is 15.8 Å². The highest BCUT2D eigenvalue weighted by Crippen LogP contribution is 2.24. The van der Waals surface area contributed by atoms with Crippen LogP contribution in [0.1, 0.15) is 11.3 Å². The van der Waals surface area contributed by atoms with Gasteiger partial charge in [-0.2, -0.15) is 0 Å². The number of nitrogens with two attached hydrogens (primary N) is 1. The Morgan fingerprint density at radius 1 is 1.38 bits per heavy atom. The number of anilines is 2. The summed E-state index contributed by atoms with van der Waals surface area (Å²) < 4.78 is 10.5. The van der Waals surface area contributed by atoms with Crippen molar-refractivity contribution in [1.82, 2.24) is 0 Å². The van der Waals surface area contributed by atoms with Crippen LogP contribution in [0.5, 0.6) is 5.75 Å². The van der Waals surface area contributed by atoms with Gasteiger partial charge in [0.05, 0.1) is 38.1 Å². The summed E-state index contributed by atoms with van der Waals surface area (Å²) in [6.45, 7) is 0.912. The maximum absolute atomic E-state index is 11.8. The van der Waals surface area contributed by atoms with Gasteiger partial charge in [-0.25, -0.2) is 0 Å². The number of benzene rings is 1. The highest BCUT2D eigenvalue weighted by molar-refractivity contribution is 7.09. The molecular formula is C15H18N2O3S. The van der Waals surface area contributed by atoms with E-state index in [9.17, 15) is 4.79 Å². The third-order valence-electron chi connectivity index (χ3n) is 2.83. The molecule has 3 N–H and O–H groups in total. The number of ether oxygens (including phenoxy) is 2. The molecule has 2 aromatic rings. The van der Waals surface area contributed by atoms with E-state index in [1.807, 2.05) is 17.5 Å². The van der Waals surface area contributed by atoms with Crippen LogP contribution in [0.15, 0.2) is 35.7 Å². The third kappa shape index (κ3) is 4.77. The van der Waals surface area contributed by atoms with Crippen LogP contribution in [0.25, 0.3) is 0 Å². The van der Waals surface area contributed by atoms with E-state index in [2.05, 4.69) is 5.32 Å². The predicted molar refractivity (Wildman–Crippen MR) is 84.6 cm³/mol. The van der Waals surface area contributed by atoms with Crippen LogP contribution in [-0.4, -0.2) is 19.6 Å². The molecule has 0 unspecified atom stereocenters. The Balaban J connectivity index is 1.74. The molecule has 0 saturated heterocycles. The van der Waals surface area contributed by atoms with Gasteiger partial charge in [-0.15, -0.1) is 11.3 Å². The van der Waals surface area contributed by atoms with Crippen molar-refractivity contribution in [3.8, 4) is 5.75 Å². The minimum Gasteiger partial charge on any atom is -0.497 e. The first kappa shape index (κ1) is 15.3. The summed E-state index contributed by atoms with van der Waals surface area (Å²) in [5.74, 6) is 0.530. The standard InChI is InChI=1S/C15H18N2O3S/c1-19-11-4-5-14(13(16)9-11)17-15(18)6-7-20-10-12-3-2-8-21-12/h2-5,8-9H,6-7,10,16H2,1H3,(H,17,18). The first-order valence-corrected chi connectivity index (χ1v) is 7.40. The third-order valence-corrected chi connectivity index (χ3v) is 3.68. The molecule has 5 nitrogen and oxygen atoms in total. The number of hydrogen-bond donors (Lipinski definition) is 2. The molecule has 0 bridgehead atoms. The van der Waals surface area contributed by atoms with Gasteiger partial charge in [-0.05, 0) is 23.6 Å². The monoisotopic (exact) mass is 306 g/mol. The number of carbonyl (C=O) groups is 1. The van der Waals surface area contributed by atoms with Gasteiger partial charge >= 0.3 is 0 Å². The average molecular weight is 306 g/mol. The molecule has 0 atom stereocenters. The topological polar surface area (TPSA) is 73.6 Å². The van der Waals surface area contributed by atoms with Crippen molar-refractivity contribution in [1.29, 1.82) is 0 Å². The average Bonchev–Trinajstić information content (AvgIpc) is 2.99. The van der Waals surface area contributed by atoms with Gasteiger partial charge in [-0.1, -0.05) is 6.07 Å². The Morgan fingerprint density at radius 2 is 2.24 bits per heavy atom. The fraction of sp³-hybridized carbons (Fsp3) is 0.267. The Morgan fingerprint density at radius 3 is 2.90 bits per heavy atom. The van der Waals surface area contributed by atoms with Crippen molar-refractivity contribution in [3.05, 3.63) is 40.6 Å². The number of nitrogen functional groups attached to an aromatic ring is 1. The van der Waals surface area contributed by atoms with Crippen molar-refractivity contribution >= 4 is 28.6 Å². The fourth-order valence-corrected chi connectivity index (χ4v) is 2.37. The Kier molecular flexibility index (Phi) is 5.59. The predicted octanol–water partition coefficient (Wildman–Crippen LogP) is 2.88. The van der Waals surface area contributed by atoms with E-state index in [0.29, 0.717) is 30.3 Å². The minimum atomic E-state index is -0.127. The molecule has 0 aliphatic heterocycles. The van der Waals surface area contributed by atoms with E-state index in [-0.39, 0.29) is 12.3 Å². The van der Waals surface area contributed by atoms with E-state index >= 15 is 0 Å². The van der Waals surface area contributed by atoms with Crippen LogP contribution in [0.4, 0.5) is 11.4 Å². The molecule has 0 fully saturated rings. The van der Waals surface area contributed by atoms with Crippen molar-refractivity contribution in [3.63, 3.8) is 0 Å². The van der Waals surface area contributed by atoms with E-state index < -0.39 is 0 Å². The Hall–Kier alpha value is -2.05. The van der Waals surface area contributed by atoms with Crippen LogP contribution in [-0.2, 0) is 16.1 Å². The molecule has 0 radical (unpaired) electrons. The van der Waals surface area contributed by atoms with Gasteiger partial charge in [0.1, 0.15) is 5.75 Å². The highest BCUT2D eigenvalue weighted by Gasteiger charge is 2.06. The second kappa shape index (κ2) is 7.66. The molecule has 1 amide bonds. The number of rotatable bonds is 7. The molecule has 1 heterocycles. The highest BCUT2D eigenvalue weighted by atomic mass is 32.1. The summed E-state index contributed by atoms with van der Waals surface area (Å²) in [4.78, 5) is 13.0. The molecule has 0 spiro atoms. The zero-order valence-electron chi connectivity index (χ0n) is 11.8. The smallest absolute Gasteiger partial charge is 0.226 e. The molecule has 0 aliphatic rings. The van der Waals surface area contributed by atoms with Gasteiger partial charge in [0.2, 0.25) is 5.91 Å². The summed E-state index contributed by atoms with van der Waals surface area (Å²) in [6.07, 6.45) is 0.289. The van der Waals surface area contributed by atoms with E-state index in [1.54, 1.807) is 36.6 Å². The fourth-order valence-electron chi connectivity index (χ4n) is 1.73. The second-order valence-electron chi connectivity index (χ2n) is 4.38. The number of amides is 1. The molecule has 1 aromatic heterocycles. The number of methoxy groups -OCH3 is 1. The van der Waals surface area contributed by atoms with Crippen molar-refractivity contribution < 1.29 is 14.3 Å². The lowest BCUT2D eigenvalue weighted by Gasteiger charge is -2.09. The summed E-state index contributed by atoms with van der Waals surface area (Å²) in [7, 11) is 1.57. The van der Waals surface area contributed by atoms with Gasteiger partial charge in [0, 0.05) is 10.9 Å². The van der Waals surface area contributed by atoms with E-state index in [4.69, 9.17) is 15.2 Å². The maximum atomic E-state index is 11.8. The van der Waals surface area contributed by atoms with Gasteiger partial charge < -0.3 is 20.5 Å². The quantitative estimate of drug-likeness (QED) is 0.609. The molecule has 112 valence electrons. The normalized spacial score (nSPS) is 10.3. The lowest BCUT2D eigenvalue weighted by molar-refractivity contribution is -0.117. The number of thiophene rings is 1. The summed E-state index contributed by atoms with van der Waals surface area (Å²) in [5, 5.41) is 4.76. The summed E-state index contributed by atoms with van der Waals surface area (Å²) in [5.41, 5.74) is 6.90. The van der Waals surface area contributed by atoms with Crippen molar-refractivity contribution in [2.45, 2.75) is 13.0 Å². The van der Waals surface area contributed by atoms with E-state index in [1.165, 1.54) is 0 Å². The molecule has 0 aliphatic carbocycles. The van der Waals surface area contributed by atoms with Crippen LogP contribution in [0.3, 0.4) is 0 Å². The van der Waals surface area contributed by atoms with Crippen LogP contribution in [0, 0.1) is 0 Å². The number of carbonyl (C=O) groups excluding carboxylic acids is 1. The second-order valence-corrected chi connectivity index (χ2v) is 5.42. The van der Waals surface area contributed by atoms with Crippen LogP contribution >= 0.6 is 11.3 Å². The summed E-state index contributed by atoms with van der Waals surface area (Å²) >= 11 is 1.64. The lowest BCUT2D eigenvalue weighted by atomic mass is 10.2. The minimum absolute atomic E-state index is 0.127. The van der Waals surface area contributed by atoms with E-state index in [0.717, 1.165) is 4.88 Å². The SMILES string of the molecule is COc1ccc(NC(=O)CCOCc2cccs2)c(N)c1. The van der Waals surface area contributed by atoms with Gasteiger partial charge in [-0.3, -0.25) is 4.79 Å². The molecular weight excluding hydrogens is 288 g/mol. The lowest BCUT2D eigenvalue weighted by Crippen LogP contribution is -2.15. The molecule has 21 heavy (non-hydrogen) atoms. The van der Waals surface area contributed by atoms with Gasteiger partial charge in [0.25, 0.3) is 0 Å². The van der Waals surface area contributed by atoms with Crippen LogP contribution in [0.2, 0.25) is 0 Å². The Labute approximate surface area is 127 Å². The maximum Gasteiger partial charge on any atom is 0.226 e. The molecule has 0 saturated carbocycles. The number of nitrogens with one attached hydrogen (secondary N) is 1. The number of hydrogen-bond acceptors (Lipinski definition) is 5. The van der Waals surface area contributed by atoms with Crippen molar-refractivity contribution in [2.75, 3.05) is 24.8 Å². The summed E-state index contributed by atoms with van der Waals surface area (Å²) in [6, 6.07) is 9.12. The molecule has 1 aromatic carbocycles. The first-order valence-electron chi connectivity index (χ1n) is 6.52. The Bertz CT molecular complexity index is 585. The van der Waals surface area contributed by atoms with Crippen molar-refractivity contribution in [2.24, 2.45) is 0 Å². The van der Waals surface area contributed by atoms with Gasteiger partial charge in [0.15, 0.2) is 0 Å². The zero-order chi connectivity index (χ0) is 15.1. The molecule has 6 heteroatoms. The zero-order valence-corrected chi connectivity index (χ0v) is 12.6. The first-order chi connectivity index (χ1) is 10.2.